The van der Waals surface area contributed by atoms with Gasteiger partial charge in [-0.15, -0.1) is 0 Å². The third-order valence-corrected chi connectivity index (χ3v) is 3.46. The average molecular weight is 259 g/mol. The van der Waals surface area contributed by atoms with Crippen LogP contribution in [-0.4, -0.2) is 18.2 Å². The predicted octanol–water partition coefficient (Wildman–Crippen LogP) is 2.99. The fourth-order valence-corrected chi connectivity index (χ4v) is 2.48. The summed E-state index contributed by atoms with van der Waals surface area (Å²) in [7, 11) is 1.37. The number of carbonyl (C=O) groups is 1. The van der Waals surface area contributed by atoms with Crippen molar-refractivity contribution in [3.05, 3.63) is 28.5 Å². The molecule has 0 unspecified atom stereocenters. The summed E-state index contributed by atoms with van der Waals surface area (Å²) < 4.78 is 19.0. The van der Waals surface area contributed by atoms with Gasteiger partial charge in [-0.3, -0.25) is 4.79 Å². The maximum atomic E-state index is 14.1. The first kappa shape index (κ1) is 12.2. The third kappa shape index (κ3) is 2.09. The van der Waals surface area contributed by atoms with Crippen molar-refractivity contribution < 1.29 is 19.0 Å². The minimum absolute atomic E-state index is 0.0982. The standard InChI is InChI=1S/C12H12ClFO3/c1-17-8-3-2-7(13)10(11(8)14)12(4-5-12)6-9(15)16/h2-3H,4-6H2,1H3,(H,15,16). The molecule has 1 aliphatic carbocycles. The molecule has 5 heteroatoms. The van der Waals surface area contributed by atoms with E-state index in [1.165, 1.54) is 13.2 Å². The Labute approximate surface area is 103 Å². The Bertz CT molecular complexity index is 469. The number of ether oxygens (including phenoxy) is 1. The van der Waals surface area contributed by atoms with Crippen LogP contribution in [-0.2, 0) is 10.2 Å². The molecule has 92 valence electrons. The highest BCUT2D eigenvalue weighted by molar-refractivity contribution is 6.31. The van der Waals surface area contributed by atoms with E-state index >= 15 is 0 Å². The van der Waals surface area contributed by atoms with Crippen LogP contribution in [0.25, 0.3) is 0 Å². The summed E-state index contributed by atoms with van der Waals surface area (Å²) in [6.45, 7) is 0. The van der Waals surface area contributed by atoms with E-state index in [0.29, 0.717) is 12.8 Å². The average Bonchev–Trinajstić information content (AvgIpc) is 2.97. The lowest BCUT2D eigenvalue weighted by molar-refractivity contribution is -0.137. The zero-order chi connectivity index (χ0) is 12.6. The van der Waals surface area contributed by atoms with Gasteiger partial charge in [0.25, 0.3) is 0 Å². The van der Waals surface area contributed by atoms with Crippen molar-refractivity contribution in [3.63, 3.8) is 0 Å². The molecule has 0 atom stereocenters. The first-order valence-corrected chi connectivity index (χ1v) is 5.62. The van der Waals surface area contributed by atoms with Crippen LogP contribution in [0.15, 0.2) is 12.1 Å². The highest BCUT2D eigenvalue weighted by Crippen LogP contribution is 2.54. The van der Waals surface area contributed by atoms with Gasteiger partial charge in [0.05, 0.1) is 13.5 Å². The third-order valence-electron chi connectivity index (χ3n) is 3.15. The van der Waals surface area contributed by atoms with E-state index < -0.39 is 17.2 Å². The maximum absolute atomic E-state index is 14.1. The molecule has 1 N–H and O–H groups in total. The molecule has 1 saturated carbocycles. The Morgan fingerprint density at radius 2 is 2.24 bits per heavy atom. The van der Waals surface area contributed by atoms with Crippen molar-refractivity contribution in [1.29, 1.82) is 0 Å². The number of hydrogen-bond donors (Lipinski definition) is 1. The van der Waals surface area contributed by atoms with Crippen LogP contribution in [0, 0.1) is 5.82 Å². The van der Waals surface area contributed by atoms with E-state index in [1.807, 2.05) is 0 Å². The van der Waals surface area contributed by atoms with Crippen LogP contribution < -0.4 is 4.74 Å². The van der Waals surface area contributed by atoms with Gasteiger partial charge in [0, 0.05) is 16.0 Å². The van der Waals surface area contributed by atoms with Gasteiger partial charge in [-0.2, -0.15) is 0 Å². The molecule has 3 nitrogen and oxygen atoms in total. The lowest BCUT2D eigenvalue weighted by Crippen LogP contribution is -2.15. The highest BCUT2D eigenvalue weighted by atomic mass is 35.5. The smallest absolute Gasteiger partial charge is 0.304 e. The molecule has 0 saturated heterocycles. The van der Waals surface area contributed by atoms with E-state index in [-0.39, 0.29) is 22.8 Å². The summed E-state index contributed by atoms with van der Waals surface area (Å²) in [6.07, 6.45) is 1.18. The Morgan fingerprint density at radius 3 is 2.71 bits per heavy atom. The molecule has 17 heavy (non-hydrogen) atoms. The van der Waals surface area contributed by atoms with Crippen LogP contribution in [0.2, 0.25) is 5.02 Å². The largest absolute Gasteiger partial charge is 0.494 e. The van der Waals surface area contributed by atoms with Gasteiger partial charge in [-0.1, -0.05) is 11.6 Å². The predicted molar refractivity (Wildman–Crippen MR) is 61.1 cm³/mol. The first-order chi connectivity index (χ1) is 8.00. The lowest BCUT2D eigenvalue weighted by atomic mass is 9.91. The van der Waals surface area contributed by atoms with Crippen LogP contribution >= 0.6 is 11.6 Å². The van der Waals surface area contributed by atoms with Crippen LogP contribution in [0.1, 0.15) is 24.8 Å². The summed E-state index contributed by atoms with van der Waals surface area (Å²) in [4.78, 5) is 10.8. The maximum Gasteiger partial charge on any atom is 0.304 e. The monoisotopic (exact) mass is 258 g/mol. The number of rotatable bonds is 4. The number of carboxylic acids is 1. The number of hydrogen-bond acceptors (Lipinski definition) is 2. The minimum atomic E-state index is -0.944. The van der Waals surface area contributed by atoms with Crippen LogP contribution in [0.3, 0.4) is 0 Å². The molecule has 0 spiro atoms. The Balaban J connectivity index is 2.48. The van der Waals surface area contributed by atoms with Gasteiger partial charge in [0.2, 0.25) is 0 Å². The molecule has 0 amide bonds. The number of methoxy groups -OCH3 is 1. The van der Waals surface area contributed by atoms with Gasteiger partial charge in [-0.05, 0) is 25.0 Å². The minimum Gasteiger partial charge on any atom is -0.494 e. The van der Waals surface area contributed by atoms with Crippen molar-refractivity contribution in [2.75, 3.05) is 7.11 Å². The van der Waals surface area contributed by atoms with Crippen molar-refractivity contribution in [2.45, 2.75) is 24.7 Å². The van der Waals surface area contributed by atoms with Crippen molar-refractivity contribution in [2.24, 2.45) is 0 Å². The van der Waals surface area contributed by atoms with Crippen molar-refractivity contribution >= 4 is 17.6 Å². The van der Waals surface area contributed by atoms with E-state index in [2.05, 4.69) is 0 Å². The molecule has 0 radical (unpaired) electrons. The normalized spacial score (nSPS) is 16.6. The molecular formula is C12H12ClFO3. The topological polar surface area (TPSA) is 46.5 Å². The molecular weight excluding hydrogens is 247 g/mol. The second-order valence-electron chi connectivity index (χ2n) is 4.29. The first-order valence-electron chi connectivity index (χ1n) is 5.24. The summed E-state index contributed by atoms with van der Waals surface area (Å²) in [5.41, 5.74) is -0.373. The highest BCUT2D eigenvalue weighted by Gasteiger charge is 2.49. The number of carboxylic acid groups (broad SMARTS) is 1. The number of aliphatic carboxylic acids is 1. The molecule has 1 aliphatic rings. The van der Waals surface area contributed by atoms with Gasteiger partial charge < -0.3 is 9.84 Å². The van der Waals surface area contributed by atoms with E-state index in [4.69, 9.17) is 21.4 Å². The molecule has 1 aromatic carbocycles. The Morgan fingerprint density at radius 1 is 1.59 bits per heavy atom. The summed E-state index contributed by atoms with van der Waals surface area (Å²) in [6, 6.07) is 2.98. The SMILES string of the molecule is COc1ccc(Cl)c(C2(CC(=O)O)CC2)c1F. The zero-order valence-electron chi connectivity index (χ0n) is 9.30. The quantitative estimate of drug-likeness (QED) is 0.903. The summed E-state index contributed by atoms with van der Waals surface area (Å²) in [5.74, 6) is -1.39. The van der Waals surface area contributed by atoms with Gasteiger partial charge in [0.1, 0.15) is 0 Å². The van der Waals surface area contributed by atoms with E-state index in [1.54, 1.807) is 6.07 Å². The molecule has 0 bridgehead atoms. The fraction of sp³-hybridized carbons (Fsp3) is 0.417. The second-order valence-corrected chi connectivity index (χ2v) is 4.70. The van der Waals surface area contributed by atoms with Crippen molar-refractivity contribution in [3.8, 4) is 5.75 Å². The number of benzene rings is 1. The molecule has 1 fully saturated rings. The van der Waals surface area contributed by atoms with Crippen LogP contribution in [0.4, 0.5) is 4.39 Å². The number of halogens is 2. The summed E-state index contributed by atoms with van der Waals surface area (Å²) in [5, 5.41) is 9.13. The second kappa shape index (κ2) is 4.18. The zero-order valence-corrected chi connectivity index (χ0v) is 10.1. The molecule has 0 heterocycles. The molecule has 1 aromatic rings. The molecule has 0 aliphatic heterocycles. The lowest BCUT2D eigenvalue weighted by Gasteiger charge is -2.17. The van der Waals surface area contributed by atoms with Crippen molar-refractivity contribution in [1.82, 2.24) is 0 Å². The van der Waals surface area contributed by atoms with Gasteiger partial charge >= 0.3 is 5.97 Å². The molecule has 0 aromatic heterocycles. The fourth-order valence-electron chi connectivity index (χ4n) is 2.13. The van der Waals surface area contributed by atoms with E-state index in [0.717, 1.165) is 0 Å². The van der Waals surface area contributed by atoms with Gasteiger partial charge in [0.15, 0.2) is 11.6 Å². The van der Waals surface area contributed by atoms with E-state index in [9.17, 15) is 9.18 Å². The Kier molecular flexibility index (Phi) is 3.00. The summed E-state index contributed by atoms with van der Waals surface area (Å²) >= 11 is 5.98. The molecule has 2 rings (SSSR count). The van der Waals surface area contributed by atoms with Gasteiger partial charge in [-0.25, -0.2) is 4.39 Å². The van der Waals surface area contributed by atoms with Crippen LogP contribution in [0.5, 0.6) is 5.75 Å². The Hall–Kier alpha value is -1.29.